The van der Waals surface area contributed by atoms with Crippen molar-refractivity contribution < 1.29 is 19.1 Å². The minimum absolute atomic E-state index is 0.251. The molecule has 0 aliphatic carbocycles. The molecule has 7 nitrogen and oxygen atoms in total. The van der Waals surface area contributed by atoms with Crippen LogP contribution >= 0.6 is 0 Å². The molecule has 0 bridgehead atoms. The highest BCUT2D eigenvalue weighted by Crippen LogP contribution is 2.35. The van der Waals surface area contributed by atoms with Crippen LogP contribution in [0, 0.1) is 26.7 Å². The van der Waals surface area contributed by atoms with Crippen LogP contribution in [-0.4, -0.2) is 40.0 Å². The van der Waals surface area contributed by atoms with Gasteiger partial charge >= 0.3 is 6.09 Å². The van der Waals surface area contributed by atoms with Crippen molar-refractivity contribution in [3.05, 3.63) is 64.7 Å². The summed E-state index contributed by atoms with van der Waals surface area (Å²) in [5, 5.41) is 5.87. The van der Waals surface area contributed by atoms with Gasteiger partial charge in [-0.05, 0) is 90.5 Å². The Hall–Kier alpha value is -3.35. The summed E-state index contributed by atoms with van der Waals surface area (Å²) in [7, 11) is 0. The number of para-hydroxylation sites is 1. The van der Waals surface area contributed by atoms with Gasteiger partial charge in [0.15, 0.2) is 0 Å². The maximum atomic E-state index is 14.5. The molecular weight excluding hydrogens is 490 g/mol. The lowest BCUT2D eigenvalue weighted by Gasteiger charge is -2.45. The third-order valence-electron chi connectivity index (χ3n) is 6.99. The fourth-order valence-corrected chi connectivity index (χ4v) is 4.49. The number of hydrogen-bond acceptors (Lipinski definition) is 4. The van der Waals surface area contributed by atoms with Crippen LogP contribution in [0.5, 0.6) is 0 Å². The SMILES string of the molecule is CCC(C)(C)N(C(=O)C(NC(=O)OC(C)(C)C)C(C)C)C(C(=O)Nc1ccccc1C)c1ccc(C)cc1C. The molecule has 0 saturated carbocycles. The summed E-state index contributed by atoms with van der Waals surface area (Å²) in [5.74, 6) is -0.905. The average Bonchev–Trinajstić information content (AvgIpc) is 2.81. The highest BCUT2D eigenvalue weighted by molar-refractivity contribution is 6.00. The zero-order valence-electron chi connectivity index (χ0n) is 25.6. The Labute approximate surface area is 234 Å². The van der Waals surface area contributed by atoms with Crippen molar-refractivity contribution in [2.24, 2.45) is 5.92 Å². The molecular formula is C32H47N3O4. The Bertz CT molecular complexity index is 1180. The molecule has 0 aromatic heterocycles. The molecule has 2 aromatic rings. The zero-order valence-corrected chi connectivity index (χ0v) is 25.6. The minimum atomic E-state index is -0.936. The Balaban J connectivity index is 2.69. The number of hydrogen-bond donors (Lipinski definition) is 2. The second-order valence-electron chi connectivity index (χ2n) is 12.3. The molecule has 0 aliphatic heterocycles. The summed E-state index contributed by atoms with van der Waals surface area (Å²) in [6.07, 6.45) is -0.0778. The Morgan fingerprint density at radius 3 is 2.05 bits per heavy atom. The van der Waals surface area contributed by atoms with E-state index >= 15 is 0 Å². The van der Waals surface area contributed by atoms with Gasteiger partial charge < -0.3 is 20.3 Å². The van der Waals surface area contributed by atoms with E-state index in [0.717, 1.165) is 22.3 Å². The van der Waals surface area contributed by atoms with Crippen LogP contribution in [0.3, 0.4) is 0 Å². The van der Waals surface area contributed by atoms with Crippen molar-refractivity contribution in [3.8, 4) is 0 Å². The Morgan fingerprint density at radius 2 is 1.54 bits per heavy atom. The van der Waals surface area contributed by atoms with E-state index in [0.29, 0.717) is 12.1 Å². The van der Waals surface area contributed by atoms with Crippen molar-refractivity contribution in [1.82, 2.24) is 10.2 Å². The van der Waals surface area contributed by atoms with Gasteiger partial charge in [0, 0.05) is 11.2 Å². The summed E-state index contributed by atoms with van der Waals surface area (Å²) < 4.78 is 5.48. The standard InChI is InChI=1S/C32H47N3O4/c1-12-32(10,11)35(29(37)26(20(2)3)34-30(38)39-31(7,8)9)27(24-18-17-21(4)19-23(24)6)28(36)33-25-16-14-13-15-22(25)5/h13-20,26-27H,12H2,1-11H3,(H,33,36)(H,34,38). The van der Waals surface area contributed by atoms with Crippen molar-refractivity contribution in [3.63, 3.8) is 0 Å². The molecule has 2 aromatic carbocycles. The lowest BCUT2D eigenvalue weighted by atomic mass is 9.88. The van der Waals surface area contributed by atoms with Crippen LogP contribution in [0.15, 0.2) is 42.5 Å². The molecule has 0 spiro atoms. The predicted molar refractivity (Wildman–Crippen MR) is 158 cm³/mol. The first kappa shape index (κ1) is 31.9. The van der Waals surface area contributed by atoms with Gasteiger partial charge in [0.2, 0.25) is 5.91 Å². The summed E-state index contributed by atoms with van der Waals surface area (Å²) in [5.41, 5.74) is 2.88. The fraction of sp³-hybridized carbons (Fsp3) is 0.531. The number of benzene rings is 2. The Morgan fingerprint density at radius 1 is 0.923 bits per heavy atom. The fourth-order valence-electron chi connectivity index (χ4n) is 4.49. The van der Waals surface area contributed by atoms with E-state index in [1.807, 2.05) is 97.9 Å². The first-order valence-electron chi connectivity index (χ1n) is 13.7. The van der Waals surface area contributed by atoms with E-state index in [9.17, 15) is 14.4 Å². The van der Waals surface area contributed by atoms with Crippen molar-refractivity contribution in [2.75, 3.05) is 5.32 Å². The van der Waals surface area contributed by atoms with Crippen molar-refractivity contribution in [2.45, 2.75) is 106 Å². The predicted octanol–water partition coefficient (Wildman–Crippen LogP) is 6.86. The number of aryl methyl sites for hydroxylation is 3. The van der Waals surface area contributed by atoms with Gasteiger partial charge in [0.25, 0.3) is 5.91 Å². The molecule has 0 aliphatic rings. The van der Waals surface area contributed by atoms with Crippen molar-refractivity contribution >= 4 is 23.6 Å². The first-order chi connectivity index (χ1) is 18.0. The number of alkyl carbamates (subject to hydrolysis) is 1. The average molecular weight is 538 g/mol. The summed E-state index contributed by atoms with van der Waals surface area (Å²) in [6, 6.07) is 11.6. The Kier molecular flexibility index (Phi) is 10.4. The zero-order chi connectivity index (χ0) is 29.7. The van der Waals surface area contributed by atoms with E-state index < -0.39 is 29.3 Å². The topological polar surface area (TPSA) is 87.7 Å². The third kappa shape index (κ3) is 8.32. The molecule has 2 N–H and O–H groups in total. The molecule has 2 unspecified atom stereocenters. The van der Waals surface area contributed by atoms with Gasteiger partial charge in [0.1, 0.15) is 17.7 Å². The highest BCUT2D eigenvalue weighted by atomic mass is 16.6. The van der Waals surface area contributed by atoms with Gasteiger partial charge in [-0.15, -0.1) is 0 Å². The van der Waals surface area contributed by atoms with E-state index in [2.05, 4.69) is 10.6 Å². The van der Waals surface area contributed by atoms with Gasteiger partial charge in [-0.1, -0.05) is 62.7 Å². The largest absolute Gasteiger partial charge is 0.444 e. The van der Waals surface area contributed by atoms with Crippen LogP contribution in [0.25, 0.3) is 0 Å². The van der Waals surface area contributed by atoms with Crippen LogP contribution in [0.4, 0.5) is 10.5 Å². The summed E-state index contributed by atoms with van der Waals surface area (Å²) >= 11 is 0. The first-order valence-corrected chi connectivity index (χ1v) is 13.7. The number of rotatable bonds is 9. The maximum absolute atomic E-state index is 14.5. The van der Waals surface area contributed by atoms with Crippen molar-refractivity contribution in [1.29, 1.82) is 0 Å². The molecule has 0 heterocycles. The number of ether oxygens (including phenoxy) is 1. The molecule has 39 heavy (non-hydrogen) atoms. The molecule has 2 rings (SSSR count). The van der Waals surface area contributed by atoms with E-state index in [1.54, 1.807) is 25.7 Å². The molecule has 0 fully saturated rings. The van der Waals surface area contributed by atoms with Crippen LogP contribution in [0.2, 0.25) is 0 Å². The molecule has 3 amide bonds. The van der Waals surface area contributed by atoms with Crippen LogP contribution in [0.1, 0.15) is 90.1 Å². The lowest BCUT2D eigenvalue weighted by molar-refractivity contribution is -0.148. The molecule has 0 radical (unpaired) electrons. The summed E-state index contributed by atoms with van der Waals surface area (Å²) in [4.78, 5) is 43.1. The molecule has 214 valence electrons. The number of anilines is 1. The van der Waals surface area contributed by atoms with E-state index in [1.165, 1.54) is 0 Å². The summed E-state index contributed by atoms with van der Waals surface area (Å²) in [6.45, 7) is 20.8. The molecule has 0 saturated heterocycles. The number of nitrogens with one attached hydrogen (secondary N) is 2. The van der Waals surface area contributed by atoms with Gasteiger partial charge in [0.05, 0.1) is 0 Å². The normalized spacial score (nSPS) is 13.4. The monoisotopic (exact) mass is 537 g/mol. The number of nitrogens with zero attached hydrogens (tertiary/aromatic N) is 1. The van der Waals surface area contributed by atoms with Gasteiger partial charge in [-0.2, -0.15) is 0 Å². The number of carbonyl (C=O) groups is 3. The lowest BCUT2D eigenvalue weighted by Crippen LogP contribution is -2.60. The second-order valence-corrected chi connectivity index (χ2v) is 12.3. The third-order valence-corrected chi connectivity index (χ3v) is 6.99. The molecule has 2 atom stereocenters. The minimum Gasteiger partial charge on any atom is -0.444 e. The number of carbonyl (C=O) groups excluding carboxylic acids is 3. The van der Waals surface area contributed by atoms with E-state index in [4.69, 9.17) is 4.74 Å². The maximum Gasteiger partial charge on any atom is 0.408 e. The van der Waals surface area contributed by atoms with Crippen LogP contribution in [-0.2, 0) is 14.3 Å². The highest BCUT2D eigenvalue weighted by Gasteiger charge is 2.44. The smallest absolute Gasteiger partial charge is 0.408 e. The van der Waals surface area contributed by atoms with Gasteiger partial charge in [-0.25, -0.2) is 4.79 Å². The number of amides is 3. The quantitative estimate of drug-likeness (QED) is 0.366. The van der Waals surface area contributed by atoms with E-state index in [-0.39, 0.29) is 17.7 Å². The van der Waals surface area contributed by atoms with Gasteiger partial charge in [-0.3, -0.25) is 9.59 Å². The van der Waals surface area contributed by atoms with Crippen LogP contribution < -0.4 is 10.6 Å². The molecule has 7 heteroatoms. The second kappa shape index (κ2) is 12.7.